The van der Waals surface area contributed by atoms with Gasteiger partial charge in [-0.25, -0.2) is 0 Å². The quantitative estimate of drug-likeness (QED) is 0.864. The number of benzene rings is 1. The molecule has 1 aromatic rings. The van der Waals surface area contributed by atoms with E-state index >= 15 is 0 Å². The van der Waals surface area contributed by atoms with E-state index < -0.39 is 0 Å². The minimum absolute atomic E-state index is 0.603. The van der Waals surface area contributed by atoms with Crippen molar-refractivity contribution in [2.75, 3.05) is 20.6 Å². The van der Waals surface area contributed by atoms with Crippen LogP contribution in [0.5, 0.6) is 0 Å². The number of rotatable bonds is 6. The molecule has 1 aromatic carbocycles. The fourth-order valence-electron chi connectivity index (χ4n) is 1.65. The number of hydrogen-bond acceptors (Lipinski definition) is 2. The van der Waals surface area contributed by atoms with Gasteiger partial charge < -0.3 is 5.32 Å². The van der Waals surface area contributed by atoms with Gasteiger partial charge in [-0.2, -0.15) is 0 Å². The van der Waals surface area contributed by atoms with E-state index in [2.05, 4.69) is 64.4 Å². The van der Waals surface area contributed by atoms with Crippen LogP contribution >= 0.6 is 15.9 Å². The third kappa shape index (κ3) is 4.64. The zero-order valence-corrected chi connectivity index (χ0v) is 11.9. The lowest BCUT2D eigenvalue weighted by Crippen LogP contribution is -2.31. The Morgan fingerprint density at radius 3 is 2.81 bits per heavy atom. The first-order valence-corrected chi connectivity index (χ1v) is 6.52. The molecular weight excluding hydrogens is 264 g/mol. The van der Waals surface area contributed by atoms with Crippen LogP contribution in [0.25, 0.3) is 0 Å². The van der Waals surface area contributed by atoms with E-state index in [1.54, 1.807) is 0 Å². The third-order valence-corrected chi connectivity index (χ3v) is 3.38. The molecule has 1 unspecified atom stereocenters. The summed E-state index contributed by atoms with van der Waals surface area (Å²) >= 11 is 3.50. The Hall–Kier alpha value is -0.380. The fraction of sp³-hybridized carbons (Fsp3) is 0.538. The van der Waals surface area contributed by atoms with Crippen molar-refractivity contribution in [1.29, 1.82) is 0 Å². The largest absolute Gasteiger partial charge is 0.320 e. The fourth-order valence-corrected chi connectivity index (χ4v) is 2.10. The first kappa shape index (κ1) is 13.7. The predicted octanol–water partition coefficient (Wildman–Crippen LogP) is 2.88. The van der Waals surface area contributed by atoms with Crippen molar-refractivity contribution in [3.05, 3.63) is 34.3 Å². The molecule has 0 fully saturated rings. The van der Waals surface area contributed by atoms with Crippen LogP contribution in [-0.4, -0.2) is 31.6 Å². The highest BCUT2D eigenvalue weighted by Gasteiger charge is 2.08. The summed E-state index contributed by atoms with van der Waals surface area (Å²) in [4.78, 5) is 2.39. The van der Waals surface area contributed by atoms with Crippen LogP contribution in [0.2, 0.25) is 0 Å². The molecular formula is C13H21BrN2. The molecule has 0 radical (unpaired) electrons. The highest BCUT2D eigenvalue weighted by molar-refractivity contribution is 9.10. The van der Waals surface area contributed by atoms with Crippen LogP contribution in [0.15, 0.2) is 28.7 Å². The maximum atomic E-state index is 3.50. The number of halogens is 1. The van der Waals surface area contributed by atoms with Gasteiger partial charge in [0.2, 0.25) is 0 Å². The second kappa shape index (κ2) is 7.05. The van der Waals surface area contributed by atoms with Crippen molar-refractivity contribution in [3.63, 3.8) is 0 Å². The van der Waals surface area contributed by atoms with Gasteiger partial charge in [0.1, 0.15) is 0 Å². The van der Waals surface area contributed by atoms with Gasteiger partial charge in [0.05, 0.1) is 0 Å². The molecule has 0 saturated heterocycles. The normalized spacial score (nSPS) is 13.1. The minimum Gasteiger partial charge on any atom is -0.320 e. The second-order valence-corrected chi connectivity index (χ2v) is 5.20. The average Bonchev–Trinajstić information content (AvgIpc) is 2.25. The van der Waals surface area contributed by atoms with Crippen LogP contribution in [-0.2, 0) is 6.54 Å². The van der Waals surface area contributed by atoms with Crippen LogP contribution < -0.4 is 5.32 Å². The summed E-state index contributed by atoms with van der Waals surface area (Å²) in [6.45, 7) is 4.35. The van der Waals surface area contributed by atoms with Crippen molar-refractivity contribution < 1.29 is 0 Å². The molecule has 2 nitrogen and oxygen atoms in total. The van der Waals surface area contributed by atoms with Crippen LogP contribution in [0.3, 0.4) is 0 Å². The zero-order chi connectivity index (χ0) is 12.0. The molecule has 0 aliphatic rings. The number of nitrogens with zero attached hydrogens (tertiary/aromatic N) is 1. The summed E-state index contributed by atoms with van der Waals surface area (Å²) in [7, 11) is 4.18. The summed E-state index contributed by atoms with van der Waals surface area (Å²) < 4.78 is 1.15. The Morgan fingerprint density at radius 2 is 2.19 bits per heavy atom. The van der Waals surface area contributed by atoms with E-state index in [-0.39, 0.29) is 0 Å². The Balaban J connectivity index is 2.47. The predicted molar refractivity (Wildman–Crippen MR) is 73.6 cm³/mol. The molecule has 0 amide bonds. The summed E-state index contributed by atoms with van der Waals surface area (Å²) in [5.74, 6) is 0. The lowest BCUT2D eigenvalue weighted by Gasteiger charge is -2.24. The molecule has 0 aromatic heterocycles. The summed E-state index contributed by atoms with van der Waals surface area (Å²) in [6, 6.07) is 9.11. The van der Waals surface area contributed by atoms with Crippen molar-refractivity contribution in [3.8, 4) is 0 Å². The second-order valence-electron chi connectivity index (χ2n) is 4.29. The lowest BCUT2D eigenvalue weighted by molar-refractivity contribution is 0.237. The van der Waals surface area contributed by atoms with Crippen molar-refractivity contribution >= 4 is 15.9 Å². The molecule has 0 bridgehead atoms. The Bertz CT molecular complexity index is 315. The van der Waals surface area contributed by atoms with E-state index in [9.17, 15) is 0 Å². The number of hydrogen-bond donors (Lipinski definition) is 1. The topological polar surface area (TPSA) is 15.3 Å². The summed E-state index contributed by atoms with van der Waals surface area (Å²) in [6.07, 6.45) is 1.18. The zero-order valence-electron chi connectivity index (χ0n) is 10.3. The molecule has 1 atom stereocenters. The molecule has 0 aliphatic carbocycles. The molecule has 0 aliphatic heterocycles. The van der Waals surface area contributed by atoms with Gasteiger partial charge in [-0.1, -0.05) is 28.1 Å². The SMILES string of the molecule is CNCCC(C)N(C)Cc1cccc(Br)c1. The van der Waals surface area contributed by atoms with Gasteiger partial charge in [0.15, 0.2) is 0 Å². The molecule has 0 spiro atoms. The monoisotopic (exact) mass is 284 g/mol. The number of nitrogens with one attached hydrogen (secondary N) is 1. The summed E-state index contributed by atoms with van der Waals surface area (Å²) in [5.41, 5.74) is 1.35. The standard InChI is InChI=1S/C13H21BrN2/c1-11(7-8-15-2)16(3)10-12-5-4-6-13(14)9-12/h4-6,9,11,15H,7-8,10H2,1-3H3. The highest BCUT2D eigenvalue weighted by Crippen LogP contribution is 2.14. The minimum atomic E-state index is 0.603. The van der Waals surface area contributed by atoms with E-state index in [1.165, 1.54) is 12.0 Å². The third-order valence-electron chi connectivity index (χ3n) is 2.89. The van der Waals surface area contributed by atoms with Gasteiger partial charge in [-0.3, -0.25) is 4.90 Å². The van der Waals surface area contributed by atoms with Gasteiger partial charge in [0.25, 0.3) is 0 Å². The van der Waals surface area contributed by atoms with E-state index in [4.69, 9.17) is 0 Å². The van der Waals surface area contributed by atoms with Crippen molar-refractivity contribution in [2.24, 2.45) is 0 Å². The molecule has 16 heavy (non-hydrogen) atoms. The lowest BCUT2D eigenvalue weighted by atomic mass is 10.1. The molecule has 1 N–H and O–H groups in total. The Morgan fingerprint density at radius 1 is 1.44 bits per heavy atom. The molecule has 0 saturated carbocycles. The van der Waals surface area contributed by atoms with Gasteiger partial charge >= 0.3 is 0 Å². The van der Waals surface area contributed by atoms with Crippen LogP contribution in [0, 0.1) is 0 Å². The van der Waals surface area contributed by atoms with Crippen LogP contribution in [0.1, 0.15) is 18.9 Å². The van der Waals surface area contributed by atoms with Gasteiger partial charge in [-0.05, 0) is 51.7 Å². The van der Waals surface area contributed by atoms with E-state index in [1.807, 2.05) is 7.05 Å². The Labute approximate surface area is 107 Å². The highest BCUT2D eigenvalue weighted by atomic mass is 79.9. The first-order chi connectivity index (χ1) is 7.63. The average molecular weight is 285 g/mol. The molecule has 3 heteroatoms. The van der Waals surface area contributed by atoms with E-state index in [0.29, 0.717) is 6.04 Å². The van der Waals surface area contributed by atoms with Gasteiger partial charge in [0, 0.05) is 17.1 Å². The van der Waals surface area contributed by atoms with Gasteiger partial charge in [-0.15, -0.1) is 0 Å². The Kier molecular flexibility index (Phi) is 6.03. The smallest absolute Gasteiger partial charge is 0.0233 e. The van der Waals surface area contributed by atoms with E-state index in [0.717, 1.165) is 17.6 Å². The first-order valence-electron chi connectivity index (χ1n) is 5.72. The molecule has 0 heterocycles. The maximum Gasteiger partial charge on any atom is 0.0233 e. The molecule has 1 rings (SSSR count). The maximum absolute atomic E-state index is 3.50. The van der Waals surface area contributed by atoms with Crippen molar-refractivity contribution in [1.82, 2.24) is 10.2 Å². The molecule has 90 valence electrons. The van der Waals surface area contributed by atoms with Crippen molar-refractivity contribution in [2.45, 2.75) is 25.9 Å². The summed E-state index contributed by atoms with van der Waals surface area (Å²) in [5, 5.41) is 3.19. The van der Waals surface area contributed by atoms with Crippen LogP contribution in [0.4, 0.5) is 0 Å².